The van der Waals surface area contributed by atoms with Crippen LogP contribution in [0.2, 0.25) is 5.02 Å². The molecule has 0 bridgehead atoms. The van der Waals surface area contributed by atoms with Crippen molar-refractivity contribution in [3.8, 4) is 11.5 Å². The van der Waals surface area contributed by atoms with Crippen LogP contribution in [-0.4, -0.2) is 65.7 Å². The Kier molecular flexibility index (Phi) is 9.25. The predicted octanol–water partition coefficient (Wildman–Crippen LogP) is 6.12. The molecule has 0 N–H and O–H groups in total. The van der Waals surface area contributed by atoms with Crippen LogP contribution in [0.3, 0.4) is 0 Å². The van der Waals surface area contributed by atoms with E-state index < -0.39 is 44.1 Å². The van der Waals surface area contributed by atoms with Crippen molar-refractivity contribution in [2.45, 2.75) is 37.6 Å². The smallest absolute Gasteiger partial charge is 0.271 e. The summed E-state index contributed by atoms with van der Waals surface area (Å²) >= 11 is 6.49. The molecule has 1 aromatic heterocycles. The van der Waals surface area contributed by atoms with Crippen molar-refractivity contribution in [1.82, 2.24) is 9.88 Å². The second-order valence-corrected chi connectivity index (χ2v) is 13.9. The van der Waals surface area contributed by atoms with Crippen LogP contribution >= 0.6 is 11.6 Å². The van der Waals surface area contributed by atoms with Crippen LogP contribution < -0.4 is 18.7 Å². The third-order valence-corrected chi connectivity index (χ3v) is 11.1. The monoisotopic (exact) mass is 652 g/mol. The third kappa shape index (κ3) is 6.16. The molecule has 2 fully saturated rings. The van der Waals surface area contributed by atoms with E-state index in [2.05, 4.69) is 23.9 Å². The third-order valence-electron chi connectivity index (χ3n) is 8.96. The van der Waals surface area contributed by atoms with Crippen LogP contribution in [0.15, 0.2) is 47.4 Å². The summed E-state index contributed by atoms with van der Waals surface area (Å²) < 4.78 is 85.6. The summed E-state index contributed by atoms with van der Waals surface area (Å²) in [6.45, 7) is 4.78. The van der Waals surface area contributed by atoms with Gasteiger partial charge in [-0.05, 0) is 75.0 Å². The first-order chi connectivity index (χ1) is 20.9. The average molecular weight is 653 g/mol. The van der Waals surface area contributed by atoms with E-state index in [1.807, 2.05) is 4.90 Å². The summed E-state index contributed by atoms with van der Waals surface area (Å²) in [5.74, 6) is -2.93. The van der Waals surface area contributed by atoms with Crippen molar-refractivity contribution in [2.75, 3.05) is 56.7 Å². The van der Waals surface area contributed by atoms with Gasteiger partial charge in [0.15, 0.2) is 10.7 Å². The zero-order valence-electron chi connectivity index (χ0n) is 25.1. The van der Waals surface area contributed by atoms with Gasteiger partial charge >= 0.3 is 0 Å². The van der Waals surface area contributed by atoms with Gasteiger partial charge in [0.2, 0.25) is 5.95 Å². The van der Waals surface area contributed by atoms with Crippen LogP contribution in [0, 0.1) is 28.9 Å². The number of ether oxygens (including phenoxy) is 2. The Bertz CT molecular complexity index is 1640. The number of piperidine rings is 1. The standard InChI is InChI=1S/C31H36ClF3N4O4S/c1-31(21-10-13-37(2)14-11-21)12-15-38(19-31)24-17-23(33)30(29(35)28(24)32)44(40,41)39(27-7-5-6-26(34)36-27)18-20-8-9-22(42-3)16-25(20)43-4/h5-9,16-17,21H,10-15,18-19H2,1-4H3. The lowest BCUT2D eigenvalue weighted by atomic mass is 9.72. The van der Waals surface area contributed by atoms with Crippen LogP contribution in [0.1, 0.15) is 31.7 Å². The minimum atomic E-state index is -5.02. The first-order valence-corrected chi connectivity index (χ1v) is 16.2. The molecule has 3 heterocycles. The van der Waals surface area contributed by atoms with Crippen molar-refractivity contribution in [2.24, 2.45) is 11.3 Å². The molecule has 0 radical (unpaired) electrons. The Morgan fingerprint density at radius 3 is 2.45 bits per heavy atom. The van der Waals surface area contributed by atoms with Gasteiger partial charge < -0.3 is 19.3 Å². The quantitative estimate of drug-likeness (QED) is 0.204. The Labute approximate surface area is 261 Å². The first kappa shape index (κ1) is 32.2. The molecule has 1 atom stereocenters. The van der Waals surface area contributed by atoms with E-state index in [0.717, 1.165) is 44.5 Å². The molecule has 3 aromatic rings. The van der Waals surface area contributed by atoms with Crippen LogP contribution in [-0.2, 0) is 16.6 Å². The van der Waals surface area contributed by atoms with Crippen molar-refractivity contribution < 1.29 is 31.1 Å². The molecule has 0 spiro atoms. The Balaban J connectivity index is 1.52. The molecule has 0 saturated carbocycles. The van der Waals surface area contributed by atoms with Gasteiger partial charge in [-0.2, -0.15) is 4.39 Å². The highest BCUT2D eigenvalue weighted by atomic mass is 35.5. The Morgan fingerprint density at radius 2 is 1.80 bits per heavy atom. The average Bonchev–Trinajstić information content (AvgIpc) is 3.40. The van der Waals surface area contributed by atoms with Crippen molar-refractivity contribution in [1.29, 1.82) is 0 Å². The maximum Gasteiger partial charge on any atom is 0.271 e. The van der Waals surface area contributed by atoms with Gasteiger partial charge in [0.05, 0.1) is 26.5 Å². The summed E-state index contributed by atoms with van der Waals surface area (Å²) in [5, 5.41) is -0.494. The lowest BCUT2D eigenvalue weighted by Crippen LogP contribution is -2.39. The zero-order chi connectivity index (χ0) is 31.8. The molecule has 0 aliphatic carbocycles. The summed E-state index contributed by atoms with van der Waals surface area (Å²) in [7, 11) is -0.0857. The number of pyridine rings is 1. The minimum Gasteiger partial charge on any atom is -0.497 e. The number of benzene rings is 2. The largest absolute Gasteiger partial charge is 0.497 e. The van der Waals surface area contributed by atoms with Gasteiger partial charge in [0.25, 0.3) is 10.0 Å². The fraction of sp³-hybridized carbons (Fsp3) is 0.452. The summed E-state index contributed by atoms with van der Waals surface area (Å²) in [5.41, 5.74) is 0.348. The zero-order valence-corrected chi connectivity index (χ0v) is 26.7. The van der Waals surface area contributed by atoms with Gasteiger partial charge in [0, 0.05) is 30.8 Å². The SMILES string of the molecule is COc1ccc(CN(c2cccc(F)n2)S(=O)(=O)c2c(F)cc(N3CCC(C)(C4CCN(C)CC4)C3)c(Cl)c2F)c(OC)c1. The lowest BCUT2D eigenvalue weighted by molar-refractivity contribution is 0.117. The number of nitrogens with zero attached hydrogens (tertiary/aromatic N) is 4. The second kappa shape index (κ2) is 12.6. The maximum atomic E-state index is 16.1. The molecule has 2 saturated heterocycles. The second-order valence-electron chi connectivity index (χ2n) is 11.7. The fourth-order valence-electron chi connectivity index (χ4n) is 6.33. The van der Waals surface area contributed by atoms with E-state index >= 15 is 8.78 Å². The molecular weight excluding hydrogens is 617 g/mol. The number of hydrogen-bond acceptors (Lipinski definition) is 7. The maximum absolute atomic E-state index is 16.1. The lowest BCUT2D eigenvalue weighted by Gasteiger charge is -2.39. The molecule has 2 aromatic carbocycles. The topological polar surface area (TPSA) is 75.2 Å². The van der Waals surface area contributed by atoms with E-state index in [0.29, 0.717) is 34.6 Å². The number of methoxy groups -OCH3 is 2. The molecule has 1 unspecified atom stereocenters. The van der Waals surface area contributed by atoms with E-state index in [1.54, 1.807) is 6.07 Å². The number of halogens is 4. The molecule has 2 aliphatic rings. The molecule has 2 aliphatic heterocycles. The summed E-state index contributed by atoms with van der Waals surface area (Å²) in [6, 6.07) is 9.13. The normalized spacial score (nSPS) is 19.8. The molecule has 238 valence electrons. The van der Waals surface area contributed by atoms with Gasteiger partial charge in [-0.1, -0.05) is 24.6 Å². The van der Waals surface area contributed by atoms with Gasteiger partial charge in [-0.3, -0.25) is 0 Å². The van der Waals surface area contributed by atoms with Crippen molar-refractivity contribution in [3.63, 3.8) is 0 Å². The van der Waals surface area contributed by atoms with Crippen molar-refractivity contribution >= 4 is 33.1 Å². The number of aromatic nitrogens is 1. The highest BCUT2D eigenvalue weighted by Gasteiger charge is 2.43. The van der Waals surface area contributed by atoms with Gasteiger partial charge in [0.1, 0.15) is 28.2 Å². The Morgan fingerprint density at radius 1 is 1.07 bits per heavy atom. The number of sulfonamides is 1. The molecule has 44 heavy (non-hydrogen) atoms. The van der Waals surface area contributed by atoms with Gasteiger partial charge in [-0.15, -0.1) is 0 Å². The van der Waals surface area contributed by atoms with E-state index in [1.165, 1.54) is 38.5 Å². The van der Waals surface area contributed by atoms with E-state index in [9.17, 15) is 12.8 Å². The number of anilines is 2. The van der Waals surface area contributed by atoms with Crippen LogP contribution in [0.25, 0.3) is 0 Å². The predicted molar refractivity (Wildman–Crippen MR) is 164 cm³/mol. The summed E-state index contributed by atoms with van der Waals surface area (Å²) in [4.78, 5) is 6.58. The molecule has 13 heteroatoms. The van der Waals surface area contributed by atoms with Gasteiger partial charge in [-0.25, -0.2) is 26.5 Å². The molecular formula is C31H36ClF3N4O4S. The highest BCUT2D eigenvalue weighted by molar-refractivity contribution is 7.92. The molecule has 8 nitrogen and oxygen atoms in total. The number of rotatable bonds is 9. The number of hydrogen-bond donors (Lipinski definition) is 0. The first-order valence-electron chi connectivity index (χ1n) is 14.3. The minimum absolute atomic E-state index is 0.0699. The van der Waals surface area contributed by atoms with E-state index in [4.69, 9.17) is 21.1 Å². The van der Waals surface area contributed by atoms with E-state index in [-0.39, 0.29) is 22.7 Å². The van der Waals surface area contributed by atoms with Crippen molar-refractivity contribution in [3.05, 3.63) is 70.6 Å². The van der Waals surface area contributed by atoms with Crippen LogP contribution in [0.4, 0.5) is 24.7 Å². The highest BCUT2D eigenvalue weighted by Crippen LogP contribution is 2.46. The summed E-state index contributed by atoms with van der Waals surface area (Å²) in [6.07, 6.45) is 2.90. The fourth-order valence-corrected chi connectivity index (χ4v) is 8.17. The Hall–Kier alpha value is -3.22. The number of likely N-dealkylation sites (tertiary alicyclic amines) is 1. The molecule has 5 rings (SSSR count). The molecule has 0 amide bonds. The van der Waals surface area contributed by atoms with Crippen LogP contribution in [0.5, 0.6) is 11.5 Å².